The van der Waals surface area contributed by atoms with Crippen LogP contribution < -0.4 is 16.1 Å². The van der Waals surface area contributed by atoms with Crippen LogP contribution in [-0.4, -0.2) is 22.2 Å². The first-order valence-corrected chi connectivity index (χ1v) is 10.1. The van der Waals surface area contributed by atoms with E-state index in [2.05, 4.69) is 33.3 Å². The number of aryl methyl sites for hydroxylation is 1. The molecule has 148 valence electrons. The van der Waals surface area contributed by atoms with Crippen LogP contribution in [0.25, 0.3) is 5.70 Å². The highest BCUT2D eigenvalue weighted by Gasteiger charge is 2.32. The van der Waals surface area contributed by atoms with Crippen LogP contribution in [0.1, 0.15) is 24.0 Å². The molecule has 2 aliphatic rings. The lowest BCUT2D eigenvalue weighted by molar-refractivity contribution is -0.122. The SMILES string of the molecule is O=C(C[C@H]1S/C(=N\NC2=CCCc3ccccc32)NC1=O)Nc1ccccc1F. The molecule has 1 heterocycles. The van der Waals surface area contributed by atoms with Crippen LogP contribution >= 0.6 is 11.8 Å². The zero-order chi connectivity index (χ0) is 20.2. The number of hydrogen-bond acceptors (Lipinski definition) is 5. The minimum atomic E-state index is -0.616. The van der Waals surface area contributed by atoms with Crippen LogP contribution in [0, 0.1) is 5.82 Å². The Morgan fingerprint density at radius 2 is 2.00 bits per heavy atom. The summed E-state index contributed by atoms with van der Waals surface area (Å²) in [5.74, 6) is -1.24. The van der Waals surface area contributed by atoms with Gasteiger partial charge in [-0.1, -0.05) is 54.2 Å². The molecular formula is C21H19FN4O2S. The minimum Gasteiger partial charge on any atom is -0.324 e. The number of benzene rings is 2. The second-order valence-corrected chi connectivity index (χ2v) is 7.86. The van der Waals surface area contributed by atoms with Crippen LogP contribution in [0.3, 0.4) is 0 Å². The number of rotatable bonds is 5. The average Bonchev–Trinajstić information content (AvgIpc) is 3.07. The first-order chi connectivity index (χ1) is 14.1. The molecule has 4 rings (SSSR count). The lowest BCUT2D eigenvalue weighted by Crippen LogP contribution is -2.28. The fraction of sp³-hybridized carbons (Fsp3) is 0.190. The topological polar surface area (TPSA) is 82.6 Å². The number of hydrazone groups is 1. The van der Waals surface area contributed by atoms with Gasteiger partial charge in [0.1, 0.15) is 11.1 Å². The number of carbonyl (C=O) groups is 2. The molecule has 6 nitrogen and oxygen atoms in total. The van der Waals surface area contributed by atoms with Crippen molar-refractivity contribution >= 4 is 40.1 Å². The Balaban J connectivity index is 1.36. The van der Waals surface area contributed by atoms with Gasteiger partial charge in [-0.25, -0.2) is 4.39 Å². The summed E-state index contributed by atoms with van der Waals surface area (Å²) >= 11 is 1.18. The molecule has 0 saturated carbocycles. The van der Waals surface area contributed by atoms with E-state index in [1.165, 1.54) is 29.5 Å². The van der Waals surface area contributed by atoms with Gasteiger partial charge < -0.3 is 10.6 Å². The molecule has 29 heavy (non-hydrogen) atoms. The average molecular weight is 410 g/mol. The third-order valence-electron chi connectivity index (χ3n) is 4.64. The number of fused-ring (bicyclic) bond motifs is 1. The van der Waals surface area contributed by atoms with Crippen LogP contribution in [0.2, 0.25) is 0 Å². The van der Waals surface area contributed by atoms with Crippen molar-refractivity contribution in [3.05, 3.63) is 71.6 Å². The van der Waals surface area contributed by atoms with Gasteiger partial charge in [-0.05, 0) is 30.5 Å². The van der Waals surface area contributed by atoms with Crippen molar-refractivity contribution < 1.29 is 14.0 Å². The lowest BCUT2D eigenvalue weighted by atomic mass is 9.95. The first-order valence-electron chi connectivity index (χ1n) is 9.24. The monoisotopic (exact) mass is 410 g/mol. The number of amidine groups is 1. The summed E-state index contributed by atoms with van der Waals surface area (Å²) in [6.45, 7) is 0. The molecule has 2 amide bonds. The van der Waals surface area contributed by atoms with Gasteiger partial charge in [-0.2, -0.15) is 0 Å². The van der Waals surface area contributed by atoms with Crippen molar-refractivity contribution in [3.63, 3.8) is 0 Å². The predicted molar refractivity (Wildman–Crippen MR) is 112 cm³/mol. The molecule has 2 aromatic rings. The molecule has 2 aromatic carbocycles. The quantitative estimate of drug-likeness (QED) is 0.661. The van der Waals surface area contributed by atoms with Crippen LogP contribution in [-0.2, 0) is 16.0 Å². The molecular weight excluding hydrogens is 391 g/mol. The van der Waals surface area contributed by atoms with Gasteiger partial charge in [0.05, 0.1) is 11.4 Å². The summed E-state index contributed by atoms with van der Waals surface area (Å²) in [5.41, 5.74) is 6.37. The van der Waals surface area contributed by atoms with E-state index in [-0.39, 0.29) is 18.0 Å². The third kappa shape index (κ3) is 4.48. The number of carbonyl (C=O) groups excluding carboxylic acids is 2. The van der Waals surface area contributed by atoms with Gasteiger partial charge in [0.25, 0.3) is 0 Å². The molecule has 0 bridgehead atoms. The zero-order valence-corrected chi connectivity index (χ0v) is 16.3. The summed E-state index contributed by atoms with van der Waals surface area (Å²) < 4.78 is 13.7. The van der Waals surface area contributed by atoms with E-state index in [0.717, 1.165) is 24.1 Å². The van der Waals surface area contributed by atoms with Crippen molar-refractivity contribution in [2.45, 2.75) is 24.5 Å². The minimum absolute atomic E-state index is 0.0740. The first kappa shape index (κ1) is 19.2. The smallest absolute Gasteiger partial charge is 0.240 e. The van der Waals surface area contributed by atoms with E-state index in [4.69, 9.17) is 0 Å². The highest BCUT2D eigenvalue weighted by atomic mass is 32.2. The Hall–Kier alpha value is -3.13. The molecule has 0 spiro atoms. The lowest BCUT2D eigenvalue weighted by Gasteiger charge is -2.16. The maximum absolute atomic E-state index is 13.7. The molecule has 3 N–H and O–H groups in total. The standard InChI is InChI=1S/C21H19FN4O2S/c22-15-9-3-4-10-17(15)23-19(27)12-18-20(28)24-21(29-18)26-25-16-11-5-7-13-6-1-2-8-14(13)16/h1-4,6,8-11,18,25H,5,7,12H2,(H,23,27)(H,24,26,28)/t18-/m1/s1. The molecule has 1 aliphatic heterocycles. The highest BCUT2D eigenvalue weighted by molar-refractivity contribution is 8.15. The summed E-state index contributed by atoms with van der Waals surface area (Å²) in [7, 11) is 0. The summed E-state index contributed by atoms with van der Waals surface area (Å²) in [6, 6.07) is 14.0. The zero-order valence-electron chi connectivity index (χ0n) is 15.4. The summed E-state index contributed by atoms with van der Waals surface area (Å²) in [4.78, 5) is 24.4. The molecule has 1 fully saturated rings. The van der Waals surface area contributed by atoms with Gasteiger partial charge in [-0.3, -0.25) is 15.0 Å². The Bertz CT molecular complexity index is 1020. The Morgan fingerprint density at radius 3 is 2.86 bits per heavy atom. The molecule has 0 radical (unpaired) electrons. The normalized spacial score (nSPS) is 19.3. The number of hydrogen-bond donors (Lipinski definition) is 3. The van der Waals surface area contributed by atoms with Crippen LogP contribution in [0.4, 0.5) is 10.1 Å². The van der Waals surface area contributed by atoms with E-state index in [0.29, 0.717) is 5.17 Å². The fourth-order valence-electron chi connectivity index (χ4n) is 3.22. The van der Waals surface area contributed by atoms with Crippen molar-refractivity contribution in [1.82, 2.24) is 10.7 Å². The fourth-order valence-corrected chi connectivity index (χ4v) is 4.15. The maximum Gasteiger partial charge on any atom is 0.240 e. The molecule has 1 saturated heterocycles. The Labute approximate surface area is 171 Å². The summed E-state index contributed by atoms with van der Waals surface area (Å²) in [6.07, 6.45) is 3.91. The van der Waals surface area contributed by atoms with Crippen molar-refractivity contribution in [2.24, 2.45) is 5.10 Å². The van der Waals surface area contributed by atoms with E-state index in [9.17, 15) is 14.0 Å². The van der Waals surface area contributed by atoms with Gasteiger partial charge in [0.2, 0.25) is 11.8 Å². The number of allylic oxidation sites excluding steroid dienone is 1. The van der Waals surface area contributed by atoms with Gasteiger partial charge in [0.15, 0.2) is 5.17 Å². The molecule has 0 aromatic heterocycles. The van der Waals surface area contributed by atoms with Gasteiger partial charge in [-0.15, -0.1) is 5.10 Å². The second kappa shape index (κ2) is 8.48. The maximum atomic E-state index is 13.7. The number of thioether (sulfide) groups is 1. The van der Waals surface area contributed by atoms with Crippen molar-refractivity contribution in [3.8, 4) is 0 Å². The van der Waals surface area contributed by atoms with Crippen LogP contribution in [0.15, 0.2) is 59.7 Å². The van der Waals surface area contributed by atoms with E-state index in [1.54, 1.807) is 12.1 Å². The number of amides is 2. The van der Waals surface area contributed by atoms with Gasteiger partial charge >= 0.3 is 0 Å². The number of para-hydroxylation sites is 1. The van der Waals surface area contributed by atoms with E-state index < -0.39 is 17.0 Å². The molecule has 0 unspecified atom stereocenters. The van der Waals surface area contributed by atoms with Crippen LogP contribution in [0.5, 0.6) is 0 Å². The number of halogens is 1. The molecule has 8 heteroatoms. The summed E-state index contributed by atoms with van der Waals surface area (Å²) in [5, 5.41) is 9.25. The number of anilines is 1. The number of nitrogens with one attached hydrogen (secondary N) is 3. The number of nitrogens with zero attached hydrogens (tertiary/aromatic N) is 1. The predicted octanol–water partition coefficient (Wildman–Crippen LogP) is 3.23. The molecule has 1 aliphatic carbocycles. The van der Waals surface area contributed by atoms with Crippen molar-refractivity contribution in [2.75, 3.05) is 5.32 Å². The largest absolute Gasteiger partial charge is 0.324 e. The van der Waals surface area contributed by atoms with Crippen molar-refractivity contribution in [1.29, 1.82) is 0 Å². The third-order valence-corrected chi connectivity index (χ3v) is 5.72. The van der Waals surface area contributed by atoms with E-state index in [1.807, 2.05) is 18.2 Å². The Morgan fingerprint density at radius 1 is 1.21 bits per heavy atom. The molecule has 1 atom stereocenters. The second-order valence-electron chi connectivity index (χ2n) is 6.67. The Kier molecular flexibility index (Phi) is 5.62. The van der Waals surface area contributed by atoms with Gasteiger partial charge in [0, 0.05) is 12.0 Å². The highest BCUT2D eigenvalue weighted by Crippen LogP contribution is 2.26. The van der Waals surface area contributed by atoms with E-state index >= 15 is 0 Å².